The van der Waals surface area contributed by atoms with Crippen molar-refractivity contribution in [3.05, 3.63) is 0 Å². The van der Waals surface area contributed by atoms with Crippen molar-refractivity contribution in [2.75, 3.05) is 14.2 Å². The SMILES string of the molecule is CO[SiH](C)C(C)(C1CC(=O)OC1=O)[SiH](C)OC. The third-order valence-corrected chi connectivity index (χ3v) is 12.6. The summed E-state index contributed by atoms with van der Waals surface area (Å²) < 4.78 is 15.4. The molecular formula is C10H20O5Si2. The summed E-state index contributed by atoms with van der Waals surface area (Å²) in [6.07, 6.45) is 0.163. The van der Waals surface area contributed by atoms with Crippen molar-refractivity contribution in [3.63, 3.8) is 0 Å². The maximum atomic E-state index is 11.8. The molecule has 1 aliphatic heterocycles. The molecule has 98 valence electrons. The van der Waals surface area contributed by atoms with Crippen molar-refractivity contribution in [3.8, 4) is 0 Å². The molecule has 0 aromatic carbocycles. The van der Waals surface area contributed by atoms with Gasteiger partial charge in [0.2, 0.25) is 0 Å². The molecule has 17 heavy (non-hydrogen) atoms. The Morgan fingerprint density at radius 2 is 1.71 bits per heavy atom. The molecule has 0 bridgehead atoms. The summed E-state index contributed by atoms with van der Waals surface area (Å²) in [6, 6.07) is 0. The lowest BCUT2D eigenvalue weighted by Crippen LogP contribution is -2.48. The molecule has 1 heterocycles. The Labute approximate surface area is 105 Å². The molecule has 0 spiro atoms. The van der Waals surface area contributed by atoms with Gasteiger partial charge in [0, 0.05) is 18.9 Å². The molecule has 0 radical (unpaired) electrons. The molecule has 1 rings (SSSR count). The predicted octanol–water partition coefficient (Wildman–Crippen LogP) is 0.376. The first kappa shape index (κ1) is 14.6. The lowest BCUT2D eigenvalue weighted by molar-refractivity contribution is -0.153. The molecule has 5 nitrogen and oxygen atoms in total. The maximum Gasteiger partial charge on any atom is 0.317 e. The zero-order valence-corrected chi connectivity index (χ0v) is 13.3. The smallest absolute Gasteiger partial charge is 0.317 e. The van der Waals surface area contributed by atoms with Gasteiger partial charge in [-0.25, -0.2) is 0 Å². The molecule has 0 amide bonds. The summed E-state index contributed by atoms with van der Waals surface area (Å²) in [5, 5.41) is 0. The van der Waals surface area contributed by atoms with Crippen LogP contribution in [0.15, 0.2) is 0 Å². The molecule has 0 aromatic heterocycles. The van der Waals surface area contributed by atoms with Gasteiger partial charge in [-0.1, -0.05) is 6.92 Å². The van der Waals surface area contributed by atoms with Crippen molar-refractivity contribution in [1.29, 1.82) is 0 Å². The Kier molecular flexibility index (Phi) is 4.64. The van der Waals surface area contributed by atoms with Gasteiger partial charge in [-0.05, 0) is 13.1 Å². The van der Waals surface area contributed by atoms with Crippen LogP contribution in [0, 0.1) is 5.92 Å². The van der Waals surface area contributed by atoms with Gasteiger partial charge >= 0.3 is 11.9 Å². The van der Waals surface area contributed by atoms with Crippen molar-refractivity contribution in [2.45, 2.75) is 31.1 Å². The largest absolute Gasteiger partial charge is 0.423 e. The summed E-state index contributed by atoms with van der Waals surface area (Å²) in [7, 11) is 0.0775. The van der Waals surface area contributed by atoms with E-state index in [0.717, 1.165) is 0 Å². The van der Waals surface area contributed by atoms with Crippen LogP contribution in [-0.2, 0) is 23.2 Å². The van der Waals surface area contributed by atoms with Gasteiger partial charge in [-0.2, -0.15) is 0 Å². The summed E-state index contributed by atoms with van der Waals surface area (Å²) >= 11 is 0. The highest BCUT2D eigenvalue weighted by molar-refractivity contribution is 6.76. The monoisotopic (exact) mass is 276 g/mol. The van der Waals surface area contributed by atoms with Crippen molar-refractivity contribution >= 4 is 30.0 Å². The molecule has 0 N–H and O–H groups in total. The first-order chi connectivity index (χ1) is 7.87. The Morgan fingerprint density at radius 1 is 1.24 bits per heavy atom. The Hall–Kier alpha value is -0.506. The molecule has 1 fully saturated rings. The van der Waals surface area contributed by atoms with Crippen molar-refractivity contribution in [2.24, 2.45) is 5.92 Å². The number of carbonyl (C=O) groups excluding carboxylic acids is 2. The van der Waals surface area contributed by atoms with Crippen molar-refractivity contribution < 1.29 is 23.2 Å². The molecule has 1 aliphatic rings. The number of hydrogen-bond donors (Lipinski definition) is 0. The van der Waals surface area contributed by atoms with E-state index in [1.54, 1.807) is 14.2 Å². The van der Waals surface area contributed by atoms with E-state index in [2.05, 4.69) is 4.74 Å². The van der Waals surface area contributed by atoms with E-state index in [4.69, 9.17) is 8.85 Å². The number of esters is 2. The second-order valence-corrected chi connectivity index (χ2v) is 11.3. The van der Waals surface area contributed by atoms with E-state index in [1.165, 1.54) is 0 Å². The molecule has 0 aliphatic carbocycles. The fourth-order valence-corrected chi connectivity index (χ4v) is 8.47. The second-order valence-electron chi connectivity index (χ2n) is 4.67. The van der Waals surface area contributed by atoms with Gasteiger partial charge in [0.05, 0.1) is 12.3 Å². The fourth-order valence-electron chi connectivity index (χ4n) is 2.35. The van der Waals surface area contributed by atoms with Crippen LogP contribution in [-0.4, -0.2) is 44.2 Å². The van der Waals surface area contributed by atoms with Gasteiger partial charge in [0.1, 0.15) is 0 Å². The highest BCUT2D eigenvalue weighted by Crippen LogP contribution is 2.46. The van der Waals surface area contributed by atoms with Gasteiger partial charge in [-0.3, -0.25) is 9.59 Å². The molecule has 1 saturated heterocycles. The number of cyclic esters (lactones) is 2. The van der Waals surface area contributed by atoms with E-state index in [0.29, 0.717) is 0 Å². The molecule has 7 heteroatoms. The summed E-state index contributed by atoms with van der Waals surface area (Å²) in [6.45, 7) is 6.09. The number of hydrogen-bond acceptors (Lipinski definition) is 5. The Morgan fingerprint density at radius 3 is 2.00 bits per heavy atom. The number of carbonyl (C=O) groups is 2. The van der Waals surface area contributed by atoms with Crippen LogP contribution < -0.4 is 0 Å². The Balaban J connectivity index is 3.06. The average Bonchev–Trinajstić information content (AvgIpc) is 2.65. The van der Waals surface area contributed by atoms with E-state index < -0.39 is 35.9 Å². The average molecular weight is 276 g/mol. The van der Waals surface area contributed by atoms with Crippen LogP contribution in [0.4, 0.5) is 0 Å². The van der Waals surface area contributed by atoms with Gasteiger partial charge < -0.3 is 13.6 Å². The van der Waals surface area contributed by atoms with Gasteiger partial charge in [0.25, 0.3) is 0 Å². The predicted molar refractivity (Wildman–Crippen MR) is 67.6 cm³/mol. The van der Waals surface area contributed by atoms with Gasteiger partial charge in [-0.15, -0.1) is 0 Å². The highest BCUT2D eigenvalue weighted by atomic mass is 28.4. The Bertz CT molecular complexity index is 310. The molecule has 0 aromatic rings. The fraction of sp³-hybridized carbons (Fsp3) is 0.800. The molecule has 3 atom stereocenters. The minimum Gasteiger partial charge on any atom is -0.423 e. The topological polar surface area (TPSA) is 61.8 Å². The van der Waals surface area contributed by atoms with Crippen LogP contribution in [0.5, 0.6) is 0 Å². The number of ether oxygens (including phenoxy) is 1. The van der Waals surface area contributed by atoms with Crippen LogP contribution >= 0.6 is 0 Å². The maximum absolute atomic E-state index is 11.8. The zero-order valence-electron chi connectivity index (χ0n) is 11.0. The second kappa shape index (κ2) is 5.43. The minimum atomic E-state index is -1.62. The lowest BCUT2D eigenvalue weighted by Gasteiger charge is -2.39. The summed E-state index contributed by atoms with van der Waals surface area (Å²) in [4.78, 5) is 23.0. The molecule has 3 unspecified atom stereocenters. The van der Waals surface area contributed by atoms with Crippen LogP contribution in [0.3, 0.4) is 0 Å². The van der Waals surface area contributed by atoms with E-state index >= 15 is 0 Å². The van der Waals surface area contributed by atoms with Gasteiger partial charge in [0.15, 0.2) is 18.1 Å². The van der Waals surface area contributed by atoms with Crippen LogP contribution in [0.1, 0.15) is 13.3 Å². The van der Waals surface area contributed by atoms with E-state index in [1.807, 2.05) is 20.0 Å². The highest BCUT2D eigenvalue weighted by Gasteiger charge is 2.54. The first-order valence-corrected chi connectivity index (χ1v) is 10.1. The van der Waals surface area contributed by atoms with Crippen LogP contribution in [0.25, 0.3) is 0 Å². The third-order valence-electron chi connectivity index (χ3n) is 4.08. The summed E-state index contributed by atoms with van der Waals surface area (Å²) in [5.74, 6) is -1.23. The standard InChI is InChI=1S/C10H20O5Si2/c1-10(16(4)13-2,17(5)14-3)7-6-8(11)15-9(7)12/h7,16-17H,6H2,1-5H3. The third kappa shape index (κ3) is 2.51. The van der Waals surface area contributed by atoms with E-state index in [-0.39, 0.29) is 11.1 Å². The number of rotatable bonds is 5. The lowest BCUT2D eigenvalue weighted by atomic mass is 10.0. The first-order valence-electron chi connectivity index (χ1n) is 5.68. The van der Waals surface area contributed by atoms with E-state index in [9.17, 15) is 9.59 Å². The quantitative estimate of drug-likeness (QED) is 0.412. The molecular weight excluding hydrogens is 256 g/mol. The summed E-state index contributed by atoms with van der Waals surface area (Å²) in [5.41, 5.74) is 0. The van der Waals surface area contributed by atoms with Crippen molar-refractivity contribution in [1.82, 2.24) is 0 Å². The minimum absolute atomic E-state index is 0.163. The molecule has 0 saturated carbocycles. The zero-order chi connectivity index (χ0) is 13.2. The normalized spacial score (nSPS) is 27.5. The van der Waals surface area contributed by atoms with Crippen LogP contribution in [0.2, 0.25) is 17.8 Å².